The average Bonchev–Trinajstić information content (AvgIpc) is 2.65. The zero-order valence-electron chi connectivity index (χ0n) is 7.98. The number of nitrogens with one attached hydrogen (secondary N) is 1. The van der Waals surface area contributed by atoms with Crippen LogP contribution in [0.4, 0.5) is 5.82 Å². The lowest BCUT2D eigenvalue weighted by atomic mass is 10.3. The Kier molecular flexibility index (Phi) is 2.41. The van der Waals surface area contributed by atoms with Crippen LogP contribution in [0.2, 0.25) is 0 Å². The molecule has 0 saturated heterocycles. The first-order valence-corrected chi connectivity index (χ1v) is 5.11. The summed E-state index contributed by atoms with van der Waals surface area (Å²) in [4.78, 5) is 4.33. The summed E-state index contributed by atoms with van der Waals surface area (Å²) in [7, 11) is 1.82. The molecule has 0 spiro atoms. The highest BCUT2D eigenvalue weighted by atomic mass is 32.1. The van der Waals surface area contributed by atoms with Crippen LogP contribution in [-0.2, 0) is 0 Å². The van der Waals surface area contributed by atoms with Crippen LogP contribution >= 0.6 is 11.3 Å². The fourth-order valence-electron chi connectivity index (χ4n) is 1.08. The topological polar surface area (TPSA) is 50.7 Å². The Morgan fingerprint density at radius 3 is 2.57 bits per heavy atom. The predicted molar refractivity (Wildman–Crippen MR) is 57.4 cm³/mol. The van der Waals surface area contributed by atoms with Gasteiger partial charge in [0.1, 0.15) is 17.2 Å². The summed E-state index contributed by atoms with van der Waals surface area (Å²) >= 11 is 1.61. The molecule has 2 heterocycles. The highest BCUT2D eigenvalue weighted by Gasteiger charge is 2.03. The largest absolute Gasteiger partial charge is 0.372 e. The molecule has 1 N–H and O–H groups in total. The minimum absolute atomic E-state index is 0.765. The highest BCUT2D eigenvalue weighted by Crippen LogP contribution is 2.19. The lowest BCUT2D eigenvalue weighted by molar-refractivity contribution is 1.03. The molecule has 0 amide bonds. The van der Waals surface area contributed by atoms with Crippen LogP contribution in [0.1, 0.15) is 5.01 Å². The molecule has 5 heteroatoms. The van der Waals surface area contributed by atoms with E-state index in [1.165, 1.54) is 0 Å². The van der Waals surface area contributed by atoms with Crippen molar-refractivity contribution in [2.45, 2.75) is 6.92 Å². The lowest BCUT2D eigenvalue weighted by Crippen LogP contribution is -1.95. The Morgan fingerprint density at radius 2 is 2.07 bits per heavy atom. The second-order valence-electron chi connectivity index (χ2n) is 2.81. The third kappa shape index (κ3) is 1.72. The monoisotopic (exact) mass is 206 g/mol. The van der Waals surface area contributed by atoms with Crippen molar-refractivity contribution in [3.8, 4) is 11.4 Å². The Morgan fingerprint density at radius 1 is 1.21 bits per heavy atom. The number of nitrogens with zero attached hydrogens (tertiary/aromatic N) is 3. The molecule has 0 radical (unpaired) electrons. The standard InChI is InChI=1S/C9H10N4S/c1-6-11-8(5-14-6)7-3-4-9(10-2)13-12-7/h3-5H,1-2H3,(H,10,13). The molecule has 2 aromatic rings. The zero-order valence-corrected chi connectivity index (χ0v) is 8.80. The molecule has 0 atom stereocenters. The number of thiazole rings is 1. The third-order valence-electron chi connectivity index (χ3n) is 1.80. The number of hydrogen-bond acceptors (Lipinski definition) is 5. The van der Waals surface area contributed by atoms with E-state index in [1.54, 1.807) is 11.3 Å². The Labute approximate surface area is 86.0 Å². The molecule has 2 aromatic heterocycles. The molecule has 4 nitrogen and oxygen atoms in total. The van der Waals surface area contributed by atoms with Crippen molar-refractivity contribution in [1.82, 2.24) is 15.2 Å². The SMILES string of the molecule is CNc1ccc(-c2csc(C)n2)nn1. The van der Waals surface area contributed by atoms with E-state index in [2.05, 4.69) is 20.5 Å². The van der Waals surface area contributed by atoms with Gasteiger partial charge < -0.3 is 5.32 Å². The van der Waals surface area contributed by atoms with Gasteiger partial charge >= 0.3 is 0 Å². The summed E-state index contributed by atoms with van der Waals surface area (Å²) in [6, 6.07) is 3.80. The van der Waals surface area contributed by atoms with E-state index in [9.17, 15) is 0 Å². The van der Waals surface area contributed by atoms with Crippen molar-refractivity contribution >= 4 is 17.2 Å². The second-order valence-corrected chi connectivity index (χ2v) is 3.87. The first-order valence-electron chi connectivity index (χ1n) is 4.23. The smallest absolute Gasteiger partial charge is 0.148 e. The summed E-state index contributed by atoms with van der Waals surface area (Å²) in [6.07, 6.45) is 0. The minimum Gasteiger partial charge on any atom is -0.372 e. The van der Waals surface area contributed by atoms with Gasteiger partial charge in [-0.15, -0.1) is 21.5 Å². The molecule has 0 aliphatic heterocycles. The summed E-state index contributed by atoms with van der Waals surface area (Å²) < 4.78 is 0. The van der Waals surface area contributed by atoms with Crippen molar-refractivity contribution in [2.75, 3.05) is 12.4 Å². The van der Waals surface area contributed by atoms with Gasteiger partial charge in [0.05, 0.1) is 5.01 Å². The molecule has 0 unspecified atom stereocenters. The molecule has 0 aliphatic rings. The Hall–Kier alpha value is -1.49. The molecule has 0 bridgehead atoms. The van der Waals surface area contributed by atoms with Gasteiger partial charge in [0.15, 0.2) is 0 Å². The predicted octanol–water partition coefficient (Wildman–Crippen LogP) is 1.95. The summed E-state index contributed by atoms with van der Waals surface area (Å²) in [5.74, 6) is 0.765. The number of hydrogen-bond donors (Lipinski definition) is 1. The molecule has 14 heavy (non-hydrogen) atoms. The van der Waals surface area contributed by atoms with Crippen molar-refractivity contribution in [3.63, 3.8) is 0 Å². The molecule has 0 fully saturated rings. The van der Waals surface area contributed by atoms with E-state index in [4.69, 9.17) is 0 Å². The maximum Gasteiger partial charge on any atom is 0.148 e. The quantitative estimate of drug-likeness (QED) is 0.816. The van der Waals surface area contributed by atoms with Crippen molar-refractivity contribution < 1.29 is 0 Å². The first kappa shape index (κ1) is 9.08. The fraction of sp³-hybridized carbons (Fsp3) is 0.222. The molecule has 0 saturated carbocycles. The maximum absolute atomic E-state index is 4.33. The van der Waals surface area contributed by atoms with Gasteiger partial charge in [0.25, 0.3) is 0 Å². The van der Waals surface area contributed by atoms with Crippen molar-refractivity contribution in [3.05, 3.63) is 22.5 Å². The lowest BCUT2D eigenvalue weighted by Gasteiger charge is -1.97. The van der Waals surface area contributed by atoms with E-state index >= 15 is 0 Å². The van der Waals surface area contributed by atoms with E-state index < -0.39 is 0 Å². The van der Waals surface area contributed by atoms with Crippen molar-refractivity contribution in [2.24, 2.45) is 0 Å². The summed E-state index contributed by atoms with van der Waals surface area (Å²) in [5, 5.41) is 14.0. The van der Waals surface area contributed by atoms with Crippen LogP contribution in [0, 0.1) is 6.92 Å². The van der Waals surface area contributed by atoms with Crippen LogP contribution < -0.4 is 5.32 Å². The van der Waals surface area contributed by atoms with Crippen LogP contribution in [0.15, 0.2) is 17.5 Å². The Balaban J connectivity index is 2.33. The highest BCUT2D eigenvalue weighted by molar-refractivity contribution is 7.09. The maximum atomic E-state index is 4.33. The minimum atomic E-state index is 0.765. The molecular formula is C9H10N4S. The summed E-state index contributed by atoms with van der Waals surface area (Å²) in [5.41, 5.74) is 1.70. The van der Waals surface area contributed by atoms with Gasteiger partial charge in [-0.1, -0.05) is 0 Å². The van der Waals surface area contributed by atoms with Gasteiger partial charge in [-0.3, -0.25) is 0 Å². The number of aryl methyl sites for hydroxylation is 1. The third-order valence-corrected chi connectivity index (χ3v) is 2.58. The van der Waals surface area contributed by atoms with Gasteiger partial charge in [-0.25, -0.2) is 4.98 Å². The normalized spacial score (nSPS) is 10.1. The van der Waals surface area contributed by atoms with Crippen LogP contribution in [-0.4, -0.2) is 22.2 Å². The zero-order chi connectivity index (χ0) is 9.97. The van der Waals surface area contributed by atoms with Crippen LogP contribution in [0.25, 0.3) is 11.4 Å². The number of aromatic nitrogens is 3. The summed E-state index contributed by atoms with van der Waals surface area (Å²) in [6.45, 7) is 1.98. The Bertz CT molecular complexity index is 421. The first-order chi connectivity index (χ1) is 6.79. The molecule has 2 rings (SSSR count). The van der Waals surface area contributed by atoms with Crippen LogP contribution in [0.5, 0.6) is 0 Å². The molecule has 0 aliphatic carbocycles. The van der Waals surface area contributed by atoms with E-state index in [0.29, 0.717) is 0 Å². The van der Waals surface area contributed by atoms with E-state index in [0.717, 1.165) is 22.2 Å². The molecule has 72 valence electrons. The van der Waals surface area contributed by atoms with Crippen LogP contribution in [0.3, 0.4) is 0 Å². The van der Waals surface area contributed by atoms with Gasteiger partial charge in [-0.2, -0.15) is 0 Å². The fourth-order valence-corrected chi connectivity index (χ4v) is 1.69. The number of rotatable bonds is 2. The average molecular weight is 206 g/mol. The second kappa shape index (κ2) is 3.71. The van der Waals surface area contributed by atoms with E-state index in [1.807, 2.05) is 31.5 Å². The van der Waals surface area contributed by atoms with Gasteiger partial charge in [0.2, 0.25) is 0 Å². The van der Waals surface area contributed by atoms with Gasteiger partial charge in [-0.05, 0) is 19.1 Å². The van der Waals surface area contributed by atoms with Crippen molar-refractivity contribution in [1.29, 1.82) is 0 Å². The molecule has 0 aromatic carbocycles. The van der Waals surface area contributed by atoms with Gasteiger partial charge in [0, 0.05) is 12.4 Å². The van der Waals surface area contributed by atoms with E-state index in [-0.39, 0.29) is 0 Å². The molecular weight excluding hydrogens is 196 g/mol. The number of anilines is 1.